The van der Waals surface area contributed by atoms with Crippen molar-refractivity contribution in [3.63, 3.8) is 0 Å². The summed E-state index contributed by atoms with van der Waals surface area (Å²) in [5.41, 5.74) is 11.4. The van der Waals surface area contributed by atoms with E-state index in [0.717, 1.165) is 6.29 Å². The van der Waals surface area contributed by atoms with Gasteiger partial charge in [-0.05, 0) is 25.0 Å². The average Bonchev–Trinajstić information content (AvgIpc) is 2.56. The van der Waals surface area contributed by atoms with E-state index in [1.807, 2.05) is 6.07 Å². The number of aliphatic carboxylic acids is 1. The third kappa shape index (κ3) is 10.5. The van der Waals surface area contributed by atoms with E-state index >= 15 is 0 Å². The van der Waals surface area contributed by atoms with Crippen molar-refractivity contribution in [3.8, 4) is 6.07 Å². The fourth-order valence-corrected chi connectivity index (χ4v) is 1.77. The van der Waals surface area contributed by atoms with Crippen molar-refractivity contribution in [1.29, 1.82) is 5.26 Å². The van der Waals surface area contributed by atoms with E-state index in [9.17, 15) is 9.59 Å². The molecule has 0 unspecified atom stereocenters. The third-order valence-corrected chi connectivity index (χ3v) is 3.00. The van der Waals surface area contributed by atoms with Crippen molar-refractivity contribution in [2.24, 2.45) is 11.5 Å². The number of benzene rings is 1. The lowest BCUT2D eigenvalue weighted by Gasteiger charge is -2.15. The zero-order valence-corrected chi connectivity index (χ0v) is 12.6. The first-order valence-corrected chi connectivity index (χ1v) is 7.16. The molecule has 1 aromatic carbocycles. The third-order valence-electron chi connectivity index (χ3n) is 3.00. The summed E-state index contributed by atoms with van der Waals surface area (Å²) in [6.07, 6.45) is 7.41. The van der Waals surface area contributed by atoms with Crippen LogP contribution in [0.15, 0.2) is 24.3 Å². The van der Waals surface area contributed by atoms with Gasteiger partial charge in [-0.15, -0.1) is 0 Å². The Kier molecular flexibility index (Phi) is 11.2. The van der Waals surface area contributed by atoms with Gasteiger partial charge in [0, 0.05) is 11.6 Å². The molecule has 1 aliphatic rings. The van der Waals surface area contributed by atoms with Gasteiger partial charge in [-0.25, -0.2) is 0 Å². The van der Waals surface area contributed by atoms with Gasteiger partial charge >= 0.3 is 5.97 Å². The molecule has 0 radical (unpaired) electrons. The van der Waals surface area contributed by atoms with Crippen LogP contribution >= 0.6 is 0 Å². The van der Waals surface area contributed by atoms with Crippen LogP contribution in [0.5, 0.6) is 0 Å². The fourth-order valence-electron chi connectivity index (χ4n) is 1.77. The van der Waals surface area contributed by atoms with Gasteiger partial charge in [-0.1, -0.05) is 31.4 Å². The molecule has 0 heterocycles. The van der Waals surface area contributed by atoms with Gasteiger partial charge in [0.2, 0.25) is 0 Å². The topological polar surface area (TPSA) is 130 Å². The molecular formula is C16H23N3O3. The highest BCUT2D eigenvalue weighted by atomic mass is 16.4. The predicted molar refractivity (Wildman–Crippen MR) is 84.3 cm³/mol. The number of nitrogens with zero attached hydrogens (tertiary/aromatic N) is 1. The van der Waals surface area contributed by atoms with E-state index in [4.69, 9.17) is 16.1 Å². The van der Waals surface area contributed by atoms with Crippen molar-refractivity contribution in [3.05, 3.63) is 35.4 Å². The molecule has 0 spiro atoms. The van der Waals surface area contributed by atoms with Crippen LogP contribution in [0.2, 0.25) is 0 Å². The van der Waals surface area contributed by atoms with Gasteiger partial charge in [0.1, 0.15) is 6.29 Å². The van der Waals surface area contributed by atoms with Crippen molar-refractivity contribution in [2.75, 3.05) is 6.54 Å². The molecular weight excluding hydrogens is 282 g/mol. The summed E-state index contributed by atoms with van der Waals surface area (Å²) in [5.74, 6) is -0.968. The van der Waals surface area contributed by atoms with Gasteiger partial charge in [0.25, 0.3) is 0 Å². The van der Waals surface area contributed by atoms with E-state index in [2.05, 4.69) is 5.73 Å². The number of carbonyl (C=O) groups is 2. The standard InChI is InChI=1S/C8H5NO.C6H13N.C2H5NO2/c9-5-7-1-3-8(6-10)4-2-7;7-6-4-2-1-3-5-6;3-1-2(4)5/h1-4,6H;6H,1-5,7H2;1,3H2,(H,4,5). The largest absolute Gasteiger partial charge is 0.480 e. The average molecular weight is 305 g/mol. The zero-order valence-electron chi connectivity index (χ0n) is 12.6. The van der Waals surface area contributed by atoms with E-state index in [1.54, 1.807) is 24.3 Å². The Morgan fingerprint density at radius 2 is 1.77 bits per heavy atom. The van der Waals surface area contributed by atoms with Crippen LogP contribution in [-0.2, 0) is 4.79 Å². The summed E-state index contributed by atoms with van der Waals surface area (Å²) >= 11 is 0. The number of carboxylic acids is 1. The second kappa shape index (κ2) is 12.5. The van der Waals surface area contributed by atoms with Crippen LogP contribution in [0, 0.1) is 11.3 Å². The van der Waals surface area contributed by atoms with Crippen LogP contribution in [0.25, 0.3) is 0 Å². The van der Waals surface area contributed by atoms with Crippen molar-refractivity contribution in [2.45, 2.75) is 38.1 Å². The number of carboxylic acid groups (broad SMARTS) is 1. The molecule has 5 N–H and O–H groups in total. The predicted octanol–water partition coefficient (Wildman–Crippen LogP) is 1.68. The molecule has 22 heavy (non-hydrogen) atoms. The molecule has 1 fully saturated rings. The van der Waals surface area contributed by atoms with Crippen molar-refractivity contribution >= 4 is 12.3 Å². The Labute approximate surface area is 130 Å². The van der Waals surface area contributed by atoms with Crippen LogP contribution < -0.4 is 11.5 Å². The van der Waals surface area contributed by atoms with E-state index in [0.29, 0.717) is 17.2 Å². The smallest absolute Gasteiger partial charge is 0.317 e. The van der Waals surface area contributed by atoms with E-state index in [1.165, 1.54) is 32.1 Å². The molecule has 120 valence electrons. The first-order valence-electron chi connectivity index (χ1n) is 7.16. The molecule has 1 aliphatic carbocycles. The Morgan fingerprint density at radius 1 is 1.27 bits per heavy atom. The zero-order chi connectivity index (χ0) is 16.8. The van der Waals surface area contributed by atoms with E-state index < -0.39 is 5.97 Å². The number of carbonyl (C=O) groups excluding carboxylic acids is 1. The molecule has 6 nitrogen and oxygen atoms in total. The molecule has 1 aromatic rings. The lowest BCUT2D eigenvalue weighted by molar-refractivity contribution is -0.135. The minimum absolute atomic E-state index is 0.278. The molecule has 0 aliphatic heterocycles. The maximum atomic E-state index is 10.1. The summed E-state index contributed by atoms with van der Waals surface area (Å²) in [4.78, 5) is 19.4. The summed E-state index contributed by atoms with van der Waals surface area (Å²) < 4.78 is 0. The maximum Gasteiger partial charge on any atom is 0.317 e. The van der Waals surface area contributed by atoms with Gasteiger partial charge in [-0.2, -0.15) is 5.26 Å². The lowest BCUT2D eigenvalue weighted by atomic mass is 9.97. The summed E-state index contributed by atoms with van der Waals surface area (Å²) in [6.45, 7) is -0.278. The van der Waals surface area contributed by atoms with Gasteiger partial charge < -0.3 is 16.6 Å². The monoisotopic (exact) mass is 305 g/mol. The number of nitriles is 1. The quantitative estimate of drug-likeness (QED) is 0.712. The summed E-state index contributed by atoms with van der Waals surface area (Å²) in [7, 11) is 0. The first-order chi connectivity index (χ1) is 10.5. The Bertz CT molecular complexity index is 474. The number of nitrogens with two attached hydrogens (primary N) is 2. The Hall–Kier alpha value is -2.23. The van der Waals surface area contributed by atoms with Crippen LogP contribution in [0.3, 0.4) is 0 Å². The number of rotatable bonds is 2. The minimum atomic E-state index is -0.968. The highest BCUT2D eigenvalue weighted by molar-refractivity contribution is 5.74. The van der Waals surface area contributed by atoms with Gasteiger partial charge in [0.15, 0.2) is 0 Å². The van der Waals surface area contributed by atoms with E-state index in [-0.39, 0.29) is 6.54 Å². The summed E-state index contributed by atoms with van der Waals surface area (Å²) in [5, 5.41) is 16.0. The second-order valence-corrected chi connectivity index (χ2v) is 4.85. The lowest BCUT2D eigenvalue weighted by Crippen LogP contribution is -2.22. The van der Waals surface area contributed by atoms with Crippen LogP contribution in [0.4, 0.5) is 0 Å². The molecule has 0 aromatic heterocycles. The second-order valence-electron chi connectivity index (χ2n) is 4.85. The van der Waals surface area contributed by atoms with Crippen LogP contribution in [0.1, 0.15) is 48.0 Å². The van der Waals surface area contributed by atoms with Crippen molar-refractivity contribution < 1.29 is 14.7 Å². The molecule has 0 bridgehead atoms. The maximum absolute atomic E-state index is 10.1. The number of hydrogen-bond donors (Lipinski definition) is 3. The molecule has 1 saturated carbocycles. The Balaban J connectivity index is 0.000000322. The highest BCUT2D eigenvalue weighted by Crippen LogP contribution is 2.14. The first kappa shape index (κ1) is 19.8. The fraction of sp³-hybridized carbons (Fsp3) is 0.438. The SMILES string of the molecule is N#Cc1ccc(C=O)cc1.NC1CCCCC1.NCC(=O)O. The molecule has 0 amide bonds. The normalized spacial score (nSPS) is 13.5. The van der Waals surface area contributed by atoms with Crippen molar-refractivity contribution in [1.82, 2.24) is 0 Å². The molecule has 0 atom stereocenters. The Morgan fingerprint density at radius 3 is 2.05 bits per heavy atom. The summed E-state index contributed by atoms with van der Waals surface area (Å²) in [6, 6.07) is 8.96. The molecule has 0 saturated heterocycles. The molecule has 2 rings (SSSR count). The minimum Gasteiger partial charge on any atom is -0.480 e. The highest BCUT2D eigenvalue weighted by Gasteiger charge is 2.06. The number of hydrogen-bond acceptors (Lipinski definition) is 5. The molecule has 6 heteroatoms. The van der Waals surface area contributed by atoms with Crippen LogP contribution in [-0.4, -0.2) is 29.9 Å². The van der Waals surface area contributed by atoms with Gasteiger partial charge in [0.05, 0.1) is 18.2 Å². The van der Waals surface area contributed by atoms with Gasteiger partial charge in [-0.3, -0.25) is 9.59 Å². The number of aldehydes is 1.